The number of anilines is 1. The maximum Gasteiger partial charge on any atom is 0.264 e. The minimum Gasteiger partial charge on any atom is -0.330 e. The van der Waals surface area contributed by atoms with Gasteiger partial charge in [-0.25, -0.2) is 0 Å². The minimum absolute atomic E-state index is 0. The fourth-order valence-corrected chi connectivity index (χ4v) is 3.62. The van der Waals surface area contributed by atoms with Crippen LogP contribution in [0.2, 0.25) is 0 Å². The van der Waals surface area contributed by atoms with Crippen LogP contribution < -0.4 is 16.4 Å². The molecular formula is C20H25ClN4O5. The first-order valence-electron chi connectivity index (χ1n) is 9.78. The van der Waals surface area contributed by atoms with E-state index in [1.807, 2.05) is 0 Å². The zero-order valence-electron chi connectivity index (χ0n) is 16.4. The molecule has 0 saturated carbocycles. The number of fused-ring (bicyclic) bond motifs is 1. The quantitative estimate of drug-likeness (QED) is 0.415. The second-order valence-electron chi connectivity index (χ2n) is 7.18. The number of carbonyl (C=O) groups is 5. The largest absolute Gasteiger partial charge is 0.330 e. The Hall–Kier alpha value is -2.78. The number of unbranched alkanes of at least 4 members (excludes halogenated alkanes) is 3. The van der Waals surface area contributed by atoms with E-state index in [1.54, 1.807) is 12.1 Å². The molecule has 1 unspecified atom stereocenters. The molecule has 2 aliphatic rings. The van der Waals surface area contributed by atoms with E-state index in [1.165, 1.54) is 6.07 Å². The monoisotopic (exact) mass is 436 g/mol. The first-order valence-corrected chi connectivity index (χ1v) is 9.78. The van der Waals surface area contributed by atoms with Crippen molar-refractivity contribution in [2.75, 3.05) is 11.9 Å². The molecule has 1 saturated heterocycles. The predicted molar refractivity (Wildman–Crippen MR) is 111 cm³/mol. The number of benzene rings is 1. The third-order valence-corrected chi connectivity index (χ3v) is 5.10. The lowest BCUT2D eigenvalue weighted by molar-refractivity contribution is -0.136. The van der Waals surface area contributed by atoms with Gasteiger partial charge < -0.3 is 11.1 Å². The Morgan fingerprint density at radius 1 is 1.10 bits per heavy atom. The highest BCUT2D eigenvalue weighted by atomic mass is 35.5. The Kier molecular flexibility index (Phi) is 8.08. The van der Waals surface area contributed by atoms with Gasteiger partial charge in [-0.15, -0.1) is 12.4 Å². The standard InChI is InChI=1S/C20H24N4O5.ClH/c21-11-4-2-1-3-8-15(25)22-13-7-5-6-12-17(13)20(29)24(19(12)28)14-9-10-16(26)23-18(14)27;/h5-7,14H,1-4,8-11,21H2,(H,22,25)(H,23,26,27);1H. The molecule has 5 amide bonds. The molecule has 2 heterocycles. The maximum absolute atomic E-state index is 12.9. The zero-order chi connectivity index (χ0) is 21.0. The van der Waals surface area contributed by atoms with E-state index in [0.29, 0.717) is 19.4 Å². The van der Waals surface area contributed by atoms with Crippen LogP contribution in [0.1, 0.15) is 65.7 Å². The minimum atomic E-state index is -1.04. The molecule has 1 aromatic rings. The third kappa shape index (κ3) is 4.85. The molecule has 1 fully saturated rings. The highest BCUT2D eigenvalue weighted by Gasteiger charge is 2.45. The molecule has 0 aromatic heterocycles. The van der Waals surface area contributed by atoms with Crippen molar-refractivity contribution in [2.24, 2.45) is 5.73 Å². The Morgan fingerprint density at radius 3 is 2.53 bits per heavy atom. The lowest BCUT2D eigenvalue weighted by Crippen LogP contribution is -2.54. The molecule has 2 aliphatic heterocycles. The van der Waals surface area contributed by atoms with Crippen LogP contribution in [-0.4, -0.2) is 47.0 Å². The number of nitrogens with zero attached hydrogens (tertiary/aromatic N) is 1. The van der Waals surface area contributed by atoms with Crippen molar-refractivity contribution in [3.8, 4) is 0 Å². The van der Waals surface area contributed by atoms with Gasteiger partial charge in [0.25, 0.3) is 11.8 Å². The summed E-state index contributed by atoms with van der Waals surface area (Å²) >= 11 is 0. The Balaban J connectivity index is 0.00000320. The second kappa shape index (κ2) is 10.3. The van der Waals surface area contributed by atoms with Crippen molar-refractivity contribution in [3.05, 3.63) is 29.3 Å². The van der Waals surface area contributed by atoms with E-state index in [0.717, 1.165) is 24.2 Å². The van der Waals surface area contributed by atoms with Crippen LogP contribution in [0.4, 0.5) is 5.69 Å². The van der Waals surface area contributed by atoms with Gasteiger partial charge in [0.05, 0.1) is 16.8 Å². The summed E-state index contributed by atoms with van der Waals surface area (Å²) in [7, 11) is 0. The van der Waals surface area contributed by atoms with Gasteiger partial charge in [-0.05, 0) is 37.9 Å². The lowest BCUT2D eigenvalue weighted by Gasteiger charge is -2.27. The number of nitrogens with two attached hydrogens (primary N) is 1. The normalized spacial score (nSPS) is 18.0. The summed E-state index contributed by atoms with van der Waals surface area (Å²) in [6.45, 7) is 0.627. The van der Waals surface area contributed by atoms with Crippen LogP contribution in [-0.2, 0) is 14.4 Å². The van der Waals surface area contributed by atoms with Crippen LogP contribution in [0.5, 0.6) is 0 Å². The van der Waals surface area contributed by atoms with E-state index >= 15 is 0 Å². The van der Waals surface area contributed by atoms with Gasteiger partial charge in [0.15, 0.2) is 0 Å². The first-order chi connectivity index (χ1) is 13.9. The van der Waals surface area contributed by atoms with E-state index in [4.69, 9.17) is 5.73 Å². The smallest absolute Gasteiger partial charge is 0.264 e. The van der Waals surface area contributed by atoms with Crippen molar-refractivity contribution in [1.29, 1.82) is 0 Å². The van der Waals surface area contributed by atoms with Crippen LogP contribution >= 0.6 is 12.4 Å². The molecule has 0 spiro atoms. The summed E-state index contributed by atoms with van der Waals surface area (Å²) in [4.78, 5) is 62.3. The average Bonchev–Trinajstić information content (AvgIpc) is 2.93. The highest BCUT2D eigenvalue weighted by molar-refractivity contribution is 6.26. The van der Waals surface area contributed by atoms with Gasteiger partial charge in [-0.3, -0.25) is 34.2 Å². The number of hydrogen-bond acceptors (Lipinski definition) is 6. The van der Waals surface area contributed by atoms with Crippen molar-refractivity contribution in [3.63, 3.8) is 0 Å². The highest BCUT2D eigenvalue weighted by Crippen LogP contribution is 2.32. The van der Waals surface area contributed by atoms with Crippen molar-refractivity contribution in [2.45, 2.75) is 51.0 Å². The van der Waals surface area contributed by atoms with Crippen LogP contribution in [0, 0.1) is 0 Å². The van der Waals surface area contributed by atoms with E-state index in [9.17, 15) is 24.0 Å². The third-order valence-electron chi connectivity index (χ3n) is 5.10. The Morgan fingerprint density at radius 2 is 1.83 bits per heavy atom. The fraction of sp³-hybridized carbons (Fsp3) is 0.450. The molecule has 4 N–H and O–H groups in total. The van der Waals surface area contributed by atoms with Gasteiger partial charge in [-0.2, -0.15) is 0 Å². The first kappa shape index (κ1) is 23.5. The molecule has 0 bridgehead atoms. The number of carbonyl (C=O) groups excluding carboxylic acids is 5. The molecule has 0 aliphatic carbocycles. The molecule has 1 aromatic carbocycles. The maximum atomic E-state index is 12.9. The van der Waals surface area contributed by atoms with Gasteiger partial charge in [0.1, 0.15) is 6.04 Å². The van der Waals surface area contributed by atoms with E-state index in [2.05, 4.69) is 10.6 Å². The predicted octanol–water partition coefficient (Wildman–Crippen LogP) is 1.36. The van der Waals surface area contributed by atoms with Crippen molar-refractivity contribution < 1.29 is 24.0 Å². The van der Waals surface area contributed by atoms with E-state index < -0.39 is 29.7 Å². The Bertz CT molecular complexity index is 873. The molecule has 162 valence electrons. The number of rotatable bonds is 8. The summed E-state index contributed by atoms with van der Waals surface area (Å²) in [5.74, 6) is -2.58. The molecule has 3 rings (SSSR count). The molecule has 9 nitrogen and oxygen atoms in total. The SMILES string of the molecule is Cl.NCCCCCCC(=O)Nc1cccc2c1C(=O)N(C1CCC(=O)NC1=O)C2=O. The van der Waals surface area contributed by atoms with Crippen molar-refractivity contribution >= 4 is 47.6 Å². The lowest BCUT2D eigenvalue weighted by atomic mass is 10.0. The number of halogens is 1. The average molecular weight is 437 g/mol. The number of piperidine rings is 1. The number of imide groups is 2. The topological polar surface area (TPSA) is 139 Å². The summed E-state index contributed by atoms with van der Waals surface area (Å²) in [6, 6.07) is 3.59. The fourth-order valence-electron chi connectivity index (χ4n) is 3.62. The van der Waals surface area contributed by atoms with Gasteiger partial charge in [0, 0.05) is 12.8 Å². The van der Waals surface area contributed by atoms with Crippen LogP contribution in [0.25, 0.3) is 0 Å². The summed E-state index contributed by atoms with van der Waals surface area (Å²) < 4.78 is 0. The number of amides is 5. The number of hydrogen-bond donors (Lipinski definition) is 3. The summed E-state index contributed by atoms with van der Waals surface area (Å²) in [5.41, 5.74) is 5.92. The van der Waals surface area contributed by atoms with E-state index in [-0.39, 0.29) is 48.0 Å². The summed E-state index contributed by atoms with van der Waals surface area (Å²) in [5, 5.41) is 4.86. The molecule has 30 heavy (non-hydrogen) atoms. The zero-order valence-corrected chi connectivity index (χ0v) is 17.3. The summed E-state index contributed by atoms with van der Waals surface area (Å²) in [6.07, 6.45) is 3.90. The Labute approximate surface area is 180 Å². The van der Waals surface area contributed by atoms with Gasteiger partial charge in [0.2, 0.25) is 17.7 Å². The van der Waals surface area contributed by atoms with Crippen molar-refractivity contribution in [1.82, 2.24) is 10.2 Å². The van der Waals surface area contributed by atoms with Gasteiger partial charge in [-0.1, -0.05) is 18.9 Å². The molecule has 1 atom stereocenters. The second-order valence-corrected chi connectivity index (χ2v) is 7.18. The molecule has 10 heteroatoms. The molecule has 0 radical (unpaired) electrons. The molecular weight excluding hydrogens is 412 g/mol. The van der Waals surface area contributed by atoms with Crippen LogP contribution in [0.15, 0.2) is 18.2 Å². The van der Waals surface area contributed by atoms with Gasteiger partial charge >= 0.3 is 0 Å². The number of nitrogens with one attached hydrogen (secondary N) is 2. The van der Waals surface area contributed by atoms with Crippen LogP contribution in [0.3, 0.4) is 0 Å².